The highest BCUT2D eigenvalue weighted by Crippen LogP contribution is 2.19. The molecule has 0 saturated heterocycles. The first-order valence-electron chi connectivity index (χ1n) is 4.77. The largest absolute Gasteiger partial charge is 0.479 e. The third kappa shape index (κ3) is 3.34. The van der Waals surface area contributed by atoms with E-state index in [4.69, 9.17) is 5.11 Å². The van der Waals surface area contributed by atoms with E-state index in [9.17, 15) is 19.1 Å². The van der Waals surface area contributed by atoms with Gasteiger partial charge >= 0.3 is 5.97 Å². The molecule has 1 aromatic carbocycles. The molecule has 0 aliphatic heterocycles. The first-order valence-corrected chi connectivity index (χ1v) is 5.89. The Kier molecular flexibility index (Phi) is 4.77. The number of carboxylic acid groups (broad SMARTS) is 1. The van der Waals surface area contributed by atoms with Gasteiger partial charge in [0.1, 0.15) is 5.82 Å². The molecule has 0 spiro atoms. The summed E-state index contributed by atoms with van der Waals surface area (Å²) in [5, 5.41) is 18.2. The SMILES string of the molecule is O=C(CCBr)c1ccc(C(O)C(=O)O)c(F)c1. The van der Waals surface area contributed by atoms with Gasteiger partial charge in [-0.2, -0.15) is 0 Å². The Morgan fingerprint density at radius 2 is 2.06 bits per heavy atom. The Labute approximate surface area is 105 Å². The number of halogens is 2. The second-order valence-electron chi connectivity index (χ2n) is 3.34. The van der Waals surface area contributed by atoms with Crippen molar-refractivity contribution in [3.05, 3.63) is 35.1 Å². The average Bonchev–Trinajstić information content (AvgIpc) is 2.28. The molecule has 1 aromatic rings. The quantitative estimate of drug-likeness (QED) is 0.644. The average molecular weight is 305 g/mol. The molecule has 0 amide bonds. The van der Waals surface area contributed by atoms with E-state index in [1.54, 1.807) is 0 Å². The van der Waals surface area contributed by atoms with E-state index in [-0.39, 0.29) is 23.3 Å². The van der Waals surface area contributed by atoms with Crippen molar-refractivity contribution in [2.24, 2.45) is 0 Å². The van der Waals surface area contributed by atoms with E-state index in [2.05, 4.69) is 15.9 Å². The molecule has 0 bridgehead atoms. The van der Waals surface area contributed by atoms with Crippen molar-refractivity contribution in [2.45, 2.75) is 12.5 Å². The van der Waals surface area contributed by atoms with E-state index in [1.165, 1.54) is 6.07 Å². The molecule has 0 fully saturated rings. The predicted molar refractivity (Wildman–Crippen MR) is 61.7 cm³/mol. The van der Waals surface area contributed by atoms with Crippen LogP contribution >= 0.6 is 15.9 Å². The number of alkyl halides is 1. The number of benzene rings is 1. The first-order chi connectivity index (χ1) is 7.97. The maximum Gasteiger partial charge on any atom is 0.337 e. The van der Waals surface area contributed by atoms with Crippen LogP contribution in [0.1, 0.15) is 28.4 Å². The molecule has 6 heteroatoms. The van der Waals surface area contributed by atoms with E-state index in [1.807, 2.05) is 0 Å². The molecular formula is C11H10BrFO4. The Morgan fingerprint density at radius 1 is 1.41 bits per heavy atom. The van der Waals surface area contributed by atoms with Crippen molar-refractivity contribution in [2.75, 3.05) is 5.33 Å². The number of carboxylic acids is 1. The monoisotopic (exact) mass is 304 g/mol. The van der Waals surface area contributed by atoms with Crippen LogP contribution in [0.25, 0.3) is 0 Å². The highest BCUT2D eigenvalue weighted by Gasteiger charge is 2.20. The van der Waals surface area contributed by atoms with Gasteiger partial charge in [0.2, 0.25) is 0 Å². The number of carbonyl (C=O) groups excluding carboxylic acids is 1. The third-order valence-electron chi connectivity index (χ3n) is 2.17. The van der Waals surface area contributed by atoms with Gasteiger partial charge in [0, 0.05) is 22.9 Å². The van der Waals surface area contributed by atoms with Crippen LogP contribution in [0.5, 0.6) is 0 Å². The zero-order valence-electron chi connectivity index (χ0n) is 8.69. The van der Waals surface area contributed by atoms with Gasteiger partial charge in [0.15, 0.2) is 11.9 Å². The maximum absolute atomic E-state index is 13.5. The van der Waals surface area contributed by atoms with E-state index in [0.29, 0.717) is 5.33 Å². The van der Waals surface area contributed by atoms with Crippen LogP contribution in [0, 0.1) is 5.82 Å². The molecule has 1 unspecified atom stereocenters. The van der Waals surface area contributed by atoms with Crippen molar-refractivity contribution in [1.82, 2.24) is 0 Å². The number of hydrogen-bond acceptors (Lipinski definition) is 3. The number of carbonyl (C=O) groups is 2. The zero-order chi connectivity index (χ0) is 13.0. The highest BCUT2D eigenvalue weighted by molar-refractivity contribution is 9.09. The summed E-state index contributed by atoms with van der Waals surface area (Å²) in [7, 11) is 0. The number of hydrogen-bond donors (Lipinski definition) is 2. The molecule has 2 N–H and O–H groups in total. The van der Waals surface area contributed by atoms with Gasteiger partial charge in [0.25, 0.3) is 0 Å². The number of rotatable bonds is 5. The first kappa shape index (κ1) is 13.8. The van der Waals surface area contributed by atoms with Crippen LogP contribution in [-0.4, -0.2) is 27.3 Å². The lowest BCUT2D eigenvalue weighted by molar-refractivity contribution is -0.147. The Balaban J connectivity index is 3.01. The fourth-order valence-corrected chi connectivity index (χ4v) is 1.65. The van der Waals surface area contributed by atoms with Gasteiger partial charge in [-0.15, -0.1) is 0 Å². The number of Topliss-reactive ketones (excluding diaryl/α,β-unsaturated/α-hetero) is 1. The van der Waals surface area contributed by atoms with Crippen LogP contribution < -0.4 is 0 Å². The summed E-state index contributed by atoms with van der Waals surface area (Å²) in [6.07, 6.45) is -1.70. The Hall–Kier alpha value is -1.27. The molecule has 1 atom stereocenters. The highest BCUT2D eigenvalue weighted by atomic mass is 79.9. The molecule has 4 nitrogen and oxygen atoms in total. The summed E-state index contributed by atoms with van der Waals surface area (Å²) in [5.74, 6) is -2.69. The zero-order valence-corrected chi connectivity index (χ0v) is 10.3. The van der Waals surface area contributed by atoms with Crippen LogP contribution in [0.15, 0.2) is 18.2 Å². The molecule has 17 heavy (non-hydrogen) atoms. The second-order valence-corrected chi connectivity index (χ2v) is 4.13. The lowest BCUT2D eigenvalue weighted by Gasteiger charge is -2.08. The molecule has 0 aromatic heterocycles. The smallest absolute Gasteiger partial charge is 0.337 e. The second kappa shape index (κ2) is 5.88. The minimum atomic E-state index is -1.92. The number of ketones is 1. The molecule has 0 saturated carbocycles. The molecule has 0 aliphatic rings. The van der Waals surface area contributed by atoms with Gasteiger partial charge in [-0.3, -0.25) is 4.79 Å². The molecule has 1 rings (SSSR count). The van der Waals surface area contributed by atoms with Crippen molar-refractivity contribution in [3.63, 3.8) is 0 Å². The summed E-state index contributed by atoms with van der Waals surface area (Å²) in [4.78, 5) is 21.9. The van der Waals surface area contributed by atoms with Crippen molar-refractivity contribution >= 4 is 27.7 Å². The fourth-order valence-electron chi connectivity index (χ4n) is 1.29. The third-order valence-corrected chi connectivity index (χ3v) is 2.57. The molecular weight excluding hydrogens is 295 g/mol. The Bertz CT molecular complexity index is 447. The van der Waals surface area contributed by atoms with E-state index >= 15 is 0 Å². The maximum atomic E-state index is 13.5. The van der Waals surface area contributed by atoms with Gasteiger partial charge in [-0.25, -0.2) is 9.18 Å². The van der Waals surface area contributed by atoms with Crippen LogP contribution in [-0.2, 0) is 4.79 Å². The number of aliphatic hydroxyl groups excluding tert-OH is 1. The van der Waals surface area contributed by atoms with Gasteiger partial charge < -0.3 is 10.2 Å². The van der Waals surface area contributed by atoms with Crippen LogP contribution in [0.3, 0.4) is 0 Å². The molecule has 92 valence electrons. The van der Waals surface area contributed by atoms with Crippen LogP contribution in [0.4, 0.5) is 4.39 Å². The summed E-state index contributed by atoms with van der Waals surface area (Å²) in [6, 6.07) is 3.34. The minimum Gasteiger partial charge on any atom is -0.479 e. The summed E-state index contributed by atoms with van der Waals surface area (Å²) in [6.45, 7) is 0. The normalized spacial score (nSPS) is 12.2. The number of aliphatic carboxylic acids is 1. The van der Waals surface area contributed by atoms with E-state index < -0.39 is 17.9 Å². The molecule has 0 radical (unpaired) electrons. The predicted octanol–water partition coefficient (Wildman–Crippen LogP) is 1.91. The lowest BCUT2D eigenvalue weighted by Crippen LogP contribution is -2.13. The van der Waals surface area contributed by atoms with Crippen molar-refractivity contribution in [3.8, 4) is 0 Å². The van der Waals surface area contributed by atoms with Gasteiger partial charge in [-0.05, 0) is 6.07 Å². The summed E-state index contributed by atoms with van der Waals surface area (Å²) in [5.41, 5.74) is -0.198. The van der Waals surface area contributed by atoms with Crippen LogP contribution in [0.2, 0.25) is 0 Å². The summed E-state index contributed by atoms with van der Waals surface area (Å²) < 4.78 is 13.5. The molecule has 0 aliphatic carbocycles. The van der Waals surface area contributed by atoms with Crippen molar-refractivity contribution in [1.29, 1.82) is 0 Å². The Morgan fingerprint density at radius 3 is 2.53 bits per heavy atom. The lowest BCUT2D eigenvalue weighted by atomic mass is 10.0. The van der Waals surface area contributed by atoms with Gasteiger partial charge in [0.05, 0.1) is 0 Å². The number of aliphatic hydroxyl groups is 1. The fraction of sp³-hybridized carbons (Fsp3) is 0.273. The minimum absolute atomic E-state index is 0.156. The van der Waals surface area contributed by atoms with E-state index in [0.717, 1.165) is 12.1 Å². The molecule has 0 heterocycles. The standard InChI is InChI=1S/C11H10BrFO4/c12-4-3-9(14)6-1-2-7(8(13)5-6)10(15)11(16)17/h1-2,5,10,15H,3-4H2,(H,16,17). The van der Waals surface area contributed by atoms with Crippen molar-refractivity contribution < 1.29 is 24.2 Å². The van der Waals surface area contributed by atoms with Gasteiger partial charge in [-0.1, -0.05) is 28.1 Å². The summed E-state index contributed by atoms with van der Waals surface area (Å²) >= 11 is 3.09. The topological polar surface area (TPSA) is 74.6 Å².